The molecular formula is C27H44MgO5S. The van der Waals surface area contributed by atoms with Gasteiger partial charge in [-0.1, -0.05) is 76.8 Å². The molecule has 3 fully saturated rings. The molecule has 0 aromatic carbocycles. The molecule has 0 radical (unpaired) electrons. The fraction of sp³-hybridized carbons (Fsp3) is 0.778. The minimum Gasteiger partial charge on any atom is -0.759 e. The van der Waals surface area contributed by atoms with Crippen molar-refractivity contribution in [3.8, 4) is 0 Å². The van der Waals surface area contributed by atoms with E-state index in [0.717, 1.165) is 42.9 Å². The van der Waals surface area contributed by atoms with Crippen LogP contribution in [-0.4, -0.2) is 51.8 Å². The van der Waals surface area contributed by atoms with E-state index >= 15 is 0 Å². The molecule has 7 heteroatoms. The third-order valence-electron chi connectivity index (χ3n) is 8.35. The summed E-state index contributed by atoms with van der Waals surface area (Å²) in [7, 11) is -5.17. The van der Waals surface area contributed by atoms with Crippen molar-refractivity contribution in [1.82, 2.24) is 0 Å². The first-order chi connectivity index (χ1) is 15.3. The van der Waals surface area contributed by atoms with Crippen molar-refractivity contribution >= 4 is 33.5 Å². The Morgan fingerprint density at radius 1 is 1.12 bits per heavy atom. The maximum absolute atomic E-state index is 10.0. The van der Waals surface area contributed by atoms with Crippen molar-refractivity contribution in [2.75, 3.05) is 0 Å². The Bertz CT molecular complexity index is 824. The number of hydrogen-bond acceptors (Lipinski definition) is 5. The Labute approximate surface area is 224 Å². The van der Waals surface area contributed by atoms with E-state index in [1.165, 1.54) is 62.5 Å². The van der Waals surface area contributed by atoms with Crippen molar-refractivity contribution in [1.29, 1.82) is 0 Å². The monoisotopic (exact) mass is 504 g/mol. The molecule has 3 saturated carbocycles. The van der Waals surface area contributed by atoms with Crippen molar-refractivity contribution in [3.05, 3.63) is 35.5 Å². The van der Waals surface area contributed by atoms with Crippen LogP contribution in [0.1, 0.15) is 98.3 Å². The number of allylic oxidation sites excluding steroid dienone is 4. The van der Waals surface area contributed by atoms with Gasteiger partial charge in [0, 0.05) is 10.4 Å². The first-order valence-corrected chi connectivity index (χ1v) is 14.1. The van der Waals surface area contributed by atoms with Gasteiger partial charge in [0.1, 0.15) is 0 Å². The van der Waals surface area contributed by atoms with Crippen LogP contribution in [0.15, 0.2) is 35.5 Å². The average molecular weight is 505 g/mol. The van der Waals surface area contributed by atoms with E-state index in [9.17, 15) is 5.11 Å². The molecule has 3 rings (SSSR count). The third-order valence-corrected chi connectivity index (χ3v) is 8.35. The summed E-state index contributed by atoms with van der Waals surface area (Å²) in [5.41, 5.74) is 4.72. The van der Waals surface area contributed by atoms with Gasteiger partial charge in [0.05, 0.1) is 6.10 Å². The second-order valence-corrected chi connectivity index (χ2v) is 12.1. The van der Waals surface area contributed by atoms with Crippen LogP contribution in [0.25, 0.3) is 0 Å². The minimum atomic E-state index is -5.17. The van der Waals surface area contributed by atoms with Gasteiger partial charge in [-0.25, -0.2) is 0 Å². The number of rotatable bonds is 6. The van der Waals surface area contributed by atoms with E-state index in [-0.39, 0.29) is 29.2 Å². The molecule has 1 N–H and O–H groups in total. The van der Waals surface area contributed by atoms with Crippen LogP contribution in [0, 0.1) is 29.1 Å². The molecule has 3 aliphatic rings. The summed E-state index contributed by atoms with van der Waals surface area (Å²) in [5, 5.41) is 10.0. The normalized spacial score (nSPS) is 32.7. The summed E-state index contributed by atoms with van der Waals surface area (Å²) in [6, 6.07) is 0. The fourth-order valence-electron chi connectivity index (χ4n) is 6.66. The van der Waals surface area contributed by atoms with Gasteiger partial charge >= 0.3 is 23.1 Å². The van der Waals surface area contributed by atoms with Gasteiger partial charge in [-0.2, -0.15) is 0 Å². The predicted molar refractivity (Wildman–Crippen MR) is 137 cm³/mol. The molecule has 0 aromatic heterocycles. The first kappa shape index (κ1) is 31.8. The second-order valence-electron chi connectivity index (χ2n) is 11.2. The van der Waals surface area contributed by atoms with Crippen LogP contribution in [0.4, 0.5) is 0 Å². The van der Waals surface area contributed by atoms with Crippen LogP contribution in [0.3, 0.4) is 0 Å². The van der Waals surface area contributed by atoms with Gasteiger partial charge in [0.15, 0.2) is 0 Å². The van der Waals surface area contributed by atoms with E-state index in [2.05, 4.69) is 46.4 Å². The topological polar surface area (TPSA) is 100 Å². The van der Waals surface area contributed by atoms with Gasteiger partial charge in [-0.3, -0.25) is 8.42 Å². The molecule has 5 nitrogen and oxygen atoms in total. The standard InChI is InChI=1S/C27H44O.Mg.H2O4S/c1-19(2)8-6-9-21(4)25-15-16-26-22(10-7-17-27(25,26)5)12-13-23-18-24(28)14-11-20(23)3;;1-5(2,3)4/h12-13,19,21,24-26,28H,3,6-11,14-18H2,1-2,4-5H3;;(H2,1,2,3,4)/q;+2;/p-2/b22-12+,23-13-;;/t21-,24+,25-,26?,27-;;/m1../s1. The molecule has 190 valence electrons. The predicted octanol–water partition coefficient (Wildman–Crippen LogP) is 5.90. The molecule has 0 aliphatic heterocycles. The Morgan fingerprint density at radius 3 is 2.38 bits per heavy atom. The zero-order valence-electron chi connectivity index (χ0n) is 21.7. The number of hydrogen-bond donors (Lipinski definition) is 1. The van der Waals surface area contributed by atoms with Gasteiger partial charge in [0.2, 0.25) is 0 Å². The number of aliphatic hydroxyl groups is 1. The van der Waals surface area contributed by atoms with Crippen molar-refractivity contribution in [2.24, 2.45) is 29.1 Å². The van der Waals surface area contributed by atoms with Gasteiger partial charge in [-0.05, 0) is 86.0 Å². The summed E-state index contributed by atoms with van der Waals surface area (Å²) in [6.45, 7) is 14.1. The van der Waals surface area contributed by atoms with Crippen molar-refractivity contribution in [2.45, 2.75) is 104 Å². The molecule has 1 unspecified atom stereocenters. The molecule has 3 aliphatic carbocycles. The quantitative estimate of drug-likeness (QED) is 0.275. The largest absolute Gasteiger partial charge is 2.00 e. The van der Waals surface area contributed by atoms with Gasteiger partial charge < -0.3 is 14.2 Å². The molecule has 0 spiro atoms. The van der Waals surface area contributed by atoms with Crippen molar-refractivity contribution in [3.63, 3.8) is 0 Å². The van der Waals surface area contributed by atoms with Crippen LogP contribution < -0.4 is 0 Å². The molecule has 0 heterocycles. The van der Waals surface area contributed by atoms with Gasteiger partial charge in [0.25, 0.3) is 0 Å². The molecule has 0 saturated heterocycles. The van der Waals surface area contributed by atoms with Crippen LogP contribution in [0.2, 0.25) is 0 Å². The van der Waals surface area contributed by atoms with Crippen molar-refractivity contribution < 1.29 is 22.6 Å². The molecule has 0 bridgehead atoms. The first-order valence-electron chi connectivity index (χ1n) is 12.7. The summed E-state index contributed by atoms with van der Waals surface area (Å²) in [4.78, 5) is 0. The smallest absolute Gasteiger partial charge is 0.759 e. The third kappa shape index (κ3) is 9.70. The second kappa shape index (κ2) is 13.9. The SMILES string of the molecule is C=C1CC[C@H](O)C/C1=C/C=C1\CCC[C@@]2(C)C1CC[C@@H]2[C@H](C)CCCC(C)C.O=S(=O)([O-])[O-].[Mg+2]. The molecule has 5 atom stereocenters. The fourth-order valence-corrected chi connectivity index (χ4v) is 6.66. The van der Waals surface area contributed by atoms with E-state index in [0.29, 0.717) is 5.41 Å². The van der Waals surface area contributed by atoms with E-state index in [1.54, 1.807) is 5.57 Å². The Hall–Kier alpha value is -0.184. The molecule has 0 aromatic rings. The summed E-state index contributed by atoms with van der Waals surface area (Å²) >= 11 is 0. The van der Waals surface area contributed by atoms with Gasteiger partial charge in [-0.15, -0.1) is 0 Å². The summed E-state index contributed by atoms with van der Waals surface area (Å²) in [5.74, 6) is 3.37. The number of aliphatic hydroxyl groups excluding tert-OH is 1. The zero-order chi connectivity index (χ0) is 24.8. The molecular weight excluding hydrogens is 461 g/mol. The minimum absolute atomic E-state index is 0. The van der Waals surface area contributed by atoms with Crippen LogP contribution in [-0.2, 0) is 10.4 Å². The van der Waals surface area contributed by atoms with E-state index in [4.69, 9.17) is 17.5 Å². The number of fused-ring (bicyclic) bond motifs is 1. The average Bonchev–Trinajstić information content (AvgIpc) is 3.04. The van der Waals surface area contributed by atoms with E-state index < -0.39 is 10.4 Å². The maximum Gasteiger partial charge on any atom is 2.00 e. The molecule has 0 amide bonds. The van der Waals surface area contributed by atoms with Crippen LogP contribution in [0.5, 0.6) is 0 Å². The zero-order valence-corrected chi connectivity index (χ0v) is 24.0. The van der Waals surface area contributed by atoms with Crippen LogP contribution >= 0.6 is 0 Å². The Balaban J connectivity index is 0.000000873. The Kier molecular flexibility index (Phi) is 13.1. The summed E-state index contributed by atoms with van der Waals surface area (Å²) in [6.07, 6.45) is 18.2. The molecule has 34 heavy (non-hydrogen) atoms. The summed E-state index contributed by atoms with van der Waals surface area (Å²) < 4.78 is 34.1. The maximum atomic E-state index is 10.0. The Morgan fingerprint density at radius 2 is 1.76 bits per heavy atom. The van der Waals surface area contributed by atoms with E-state index in [1.807, 2.05) is 0 Å².